The third-order valence-electron chi connectivity index (χ3n) is 2.20. The van der Waals surface area contributed by atoms with Gasteiger partial charge in [-0.3, -0.25) is 0 Å². The Morgan fingerprint density at radius 3 is 2.67 bits per heavy atom. The van der Waals surface area contributed by atoms with Crippen LogP contribution in [0.5, 0.6) is 0 Å². The molecule has 3 heteroatoms. The minimum absolute atomic E-state index is 0.466. The van der Waals surface area contributed by atoms with E-state index in [1.54, 1.807) is 0 Å². The zero-order valence-electron chi connectivity index (χ0n) is 7.97. The number of aliphatic hydroxyl groups is 1. The van der Waals surface area contributed by atoms with Crippen LogP contribution in [0.15, 0.2) is 0 Å². The smallest absolute Gasteiger partial charge is 0.0743 e. The van der Waals surface area contributed by atoms with Crippen molar-refractivity contribution in [2.75, 3.05) is 19.8 Å². The van der Waals surface area contributed by atoms with E-state index in [1.807, 2.05) is 6.92 Å². The van der Waals surface area contributed by atoms with Gasteiger partial charge in [0.1, 0.15) is 0 Å². The largest absolute Gasteiger partial charge is 0.389 e. The van der Waals surface area contributed by atoms with Crippen LogP contribution in [0.3, 0.4) is 0 Å². The maximum absolute atomic E-state index is 9.78. The highest BCUT2D eigenvalue weighted by atomic mass is 16.5. The summed E-state index contributed by atoms with van der Waals surface area (Å²) in [5.74, 6) is 0. The second-order valence-electron chi connectivity index (χ2n) is 3.86. The summed E-state index contributed by atoms with van der Waals surface area (Å²) in [6.45, 7) is 6.23. The number of hydrogen-bond acceptors (Lipinski definition) is 3. The van der Waals surface area contributed by atoms with Crippen molar-refractivity contribution in [3.05, 3.63) is 0 Å². The highest BCUT2D eigenvalue weighted by Gasteiger charge is 2.23. The molecule has 0 aromatic carbocycles. The van der Waals surface area contributed by atoms with Crippen molar-refractivity contribution in [1.82, 2.24) is 5.32 Å². The summed E-state index contributed by atoms with van der Waals surface area (Å²) in [5.41, 5.74) is -0.551. The fraction of sp³-hybridized carbons (Fsp3) is 1.00. The van der Waals surface area contributed by atoms with Gasteiger partial charge in [-0.25, -0.2) is 0 Å². The molecule has 0 spiro atoms. The maximum Gasteiger partial charge on any atom is 0.0743 e. The van der Waals surface area contributed by atoms with E-state index in [4.69, 9.17) is 4.74 Å². The van der Waals surface area contributed by atoms with Crippen LogP contribution in [0.1, 0.15) is 26.7 Å². The van der Waals surface area contributed by atoms with Crippen LogP contribution in [0, 0.1) is 0 Å². The normalized spacial score (nSPS) is 23.2. The van der Waals surface area contributed by atoms with Gasteiger partial charge < -0.3 is 15.2 Å². The molecule has 0 amide bonds. The number of rotatable bonds is 5. The highest BCUT2D eigenvalue weighted by molar-refractivity contribution is 4.80. The van der Waals surface area contributed by atoms with Gasteiger partial charge >= 0.3 is 0 Å². The van der Waals surface area contributed by atoms with Gasteiger partial charge in [0.05, 0.1) is 24.9 Å². The summed E-state index contributed by atoms with van der Waals surface area (Å²) >= 11 is 0. The molecule has 1 rings (SSSR count). The van der Waals surface area contributed by atoms with Gasteiger partial charge in [0.15, 0.2) is 0 Å². The van der Waals surface area contributed by atoms with Crippen molar-refractivity contribution in [1.29, 1.82) is 0 Å². The zero-order valence-corrected chi connectivity index (χ0v) is 7.97. The Morgan fingerprint density at radius 1 is 1.58 bits per heavy atom. The predicted molar refractivity (Wildman–Crippen MR) is 48.1 cm³/mol. The zero-order chi connectivity index (χ0) is 9.03. The first-order valence-electron chi connectivity index (χ1n) is 4.67. The third-order valence-corrected chi connectivity index (χ3v) is 2.20. The summed E-state index contributed by atoms with van der Waals surface area (Å²) in [7, 11) is 0. The second-order valence-corrected chi connectivity index (χ2v) is 3.86. The molecule has 1 atom stereocenters. The molecule has 3 nitrogen and oxygen atoms in total. The summed E-state index contributed by atoms with van der Waals surface area (Å²) in [5, 5.41) is 13.0. The first-order chi connectivity index (χ1) is 5.64. The van der Waals surface area contributed by atoms with E-state index in [-0.39, 0.29) is 0 Å². The molecule has 2 N–H and O–H groups in total. The molecule has 0 radical (unpaired) electrons. The Morgan fingerprint density at radius 2 is 2.25 bits per heavy atom. The topological polar surface area (TPSA) is 41.5 Å². The first kappa shape index (κ1) is 9.96. The van der Waals surface area contributed by atoms with Crippen LogP contribution in [0.2, 0.25) is 0 Å². The van der Waals surface area contributed by atoms with E-state index < -0.39 is 5.60 Å². The number of nitrogens with one attached hydrogen (secondary N) is 1. The van der Waals surface area contributed by atoms with Crippen LogP contribution < -0.4 is 5.32 Å². The SMILES string of the molecule is CCCC(C)(O)CNC1COC1. The minimum Gasteiger partial charge on any atom is -0.389 e. The van der Waals surface area contributed by atoms with E-state index in [0.717, 1.165) is 26.1 Å². The summed E-state index contributed by atoms with van der Waals surface area (Å²) in [4.78, 5) is 0. The van der Waals surface area contributed by atoms with E-state index in [2.05, 4.69) is 12.2 Å². The fourth-order valence-corrected chi connectivity index (χ4v) is 1.34. The lowest BCUT2D eigenvalue weighted by Gasteiger charge is -2.31. The number of hydrogen-bond donors (Lipinski definition) is 2. The Bertz CT molecular complexity index is 132. The Kier molecular flexibility index (Phi) is 3.50. The van der Waals surface area contributed by atoms with Crippen LogP contribution in [0.25, 0.3) is 0 Å². The molecule has 1 fully saturated rings. The molecule has 0 aliphatic carbocycles. The van der Waals surface area contributed by atoms with E-state index >= 15 is 0 Å². The molecular formula is C9H19NO2. The standard InChI is InChI=1S/C9H19NO2/c1-3-4-9(2,11)7-10-8-5-12-6-8/h8,10-11H,3-7H2,1-2H3. The van der Waals surface area contributed by atoms with Crippen molar-refractivity contribution >= 4 is 0 Å². The van der Waals surface area contributed by atoms with Crippen molar-refractivity contribution in [3.8, 4) is 0 Å². The van der Waals surface area contributed by atoms with Crippen molar-refractivity contribution in [3.63, 3.8) is 0 Å². The molecule has 12 heavy (non-hydrogen) atoms. The minimum atomic E-state index is -0.551. The fourth-order valence-electron chi connectivity index (χ4n) is 1.34. The van der Waals surface area contributed by atoms with E-state index in [1.165, 1.54) is 0 Å². The molecule has 1 aliphatic rings. The molecule has 0 aromatic rings. The van der Waals surface area contributed by atoms with Gasteiger partial charge in [-0.05, 0) is 13.3 Å². The average Bonchev–Trinajstić information content (AvgIpc) is 1.82. The Labute approximate surface area is 74.1 Å². The lowest BCUT2D eigenvalue weighted by atomic mass is 10.0. The monoisotopic (exact) mass is 173 g/mol. The van der Waals surface area contributed by atoms with Gasteiger partial charge in [-0.2, -0.15) is 0 Å². The molecule has 0 bridgehead atoms. The molecule has 1 heterocycles. The Balaban J connectivity index is 2.10. The van der Waals surface area contributed by atoms with Crippen molar-refractivity contribution < 1.29 is 9.84 Å². The molecular weight excluding hydrogens is 154 g/mol. The Hall–Kier alpha value is -0.120. The van der Waals surface area contributed by atoms with Crippen LogP contribution >= 0.6 is 0 Å². The predicted octanol–water partition coefficient (Wildman–Crippen LogP) is 0.526. The van der Waals surface area contributed by atoms with Crippen molar-refractivity contribution in [2.45, 2.75) is 38.3 Å². The van der Waals surface area contributed by atoms with Gasteiger partial charge in [-0.1, -0.05) is 13.3 Å². The van der Waals surface area contributed by atoms with Crippen molar-refractivity contribution in [2.24, 2.45) is 0 Å². The number of ether oxygens (including phenoxy) is 1. The lowest BCUT2D eigenvalue weighted by Crippen LogP contribution is -2.51. The quantitative estimate of drug-likeness (QED) is 0.637. The molecule has 72 valence electrons. The van der Waals surface area contributed by atoms with Gasteiger partial charge in [0.2, 0.25) is 0 Å². The average molecular weight is 173 g/mol. The first-order valence-corrected chi connectivity index (χ1v) is 4.67. The van der Waals surface area contributed by atoms with E-state index in [9.17, 15) is 5.11 Å². The summed E-state index contributed by atoms with van der Waals surface area (Å²) in [6, 6.07) is 0.466. The third kappa shape index (κ3) is 3.09. The lowest BCUT2D eigenvalue weighted by molar-refractivity contribution is -0.0217. The molecule has 1 unspecified atom stereocenters. The highest BCUT2D eigenvalue weighted by Crippen LogP contribution is 2.11. The maximum atomic E-state index is 9.78. The summed E-state index contributed by atoms with van der Waals surface area (Å²) < 4.78 is 5.02. The molecule has 1 saturated heterocycles. The van der Waals surface area contributed by atoms with E-state index in [0.29, 0.717) is 12.6 Å². The van der Waals surface area contributed by atoms with Crippen LogP contribution in [-0.2, 0) is 4.74 Å². The second kappa shape index (κ2) is 4.21. The molecule has 1 aliphatic heterocycles. The van der Waals surface area contributed by atoms with Gasteiger partial charge in [0.25, 0.3) is 0 Å². The van der Waals surface area contributed by atoms with Crippen LogP contribution in [-0.4, -0.2) is 36.5 Å². The van der Waals surface area contributed by atoms with Gasteiger partial charge in [0, 0.05) is 6.54 Å². The van der Waals surface area contributed by atoms with Gasteiger partial charge in [-0.15, -0.1) is 0 Å². The molecule has 0 aromatic heterocycles. The van der Waals surface area contributed by atoms with Crippen LogP contribution in [0.4, 0.5) is 0 Å². The molecule has 0 saturated carbocycles. The summed E-state index contributed by atoms with van der Waals surface area (Å²) in [6.07, 6.45) is 1.88.